The van der Waals surface area contributed by atoms with Crippen LogP contribution in [0.25, 0.3) is 0 Å². The molecule has 2 N–H and O–H groups in total. The van der Waals surface area contributed by atoms with Crippen molar-refractivity contribution in [2.75, 3.05) is 15.8 Å². The minimum atomic E-state index is -3.51. The van der Waals surface area contributed by atoms with E-state index in [9.17, 15) is 12.8 Å². The summed E-state index contributed by atoms with van der Waals surface area (Å²) in [6.07, 6.45) is 0.418. The van der Waals surface area contributed by atoms with E-state index in [1.54, 1.807) is 24.3 Å². The Morgan fingerprint density at radius 1 is 0.815 bits per heavy atom. The number of anilines is 2. The number of rotatable bonds is 8. The predicted octanol–water partition coefficient (Wildman–Crippen LogP) is 3.21. The van der Waals surface area contributed by atoms with Gasteiger partial charge in [0.2, 0.25) is 10.0 Å². The summed E-state index contributed by atoms with van der Waals surface area (Å²) in [4.78, 5) is 0. The Morgan fingerprint density at radius 2 is 1.48 bits per heavy atom. The highest BCUT2D eigenvalue weighted by Gasteiger charge is 2.12. The summed E-state index contributed by atoms with van der Waals surface area (Å²) < 4.78 is 39.6. The summed E-state index contributed by atoms with van der Waals surface area (Å²) in [6, 6.07) is 18.7. The molecule has 0 bridgehead atoms. The average molecular weight is 386 g/mol. The molecule has 1 aromatic heterocycles. The van der Waals surface area contributed by atoms with Gasteiger partial charge in [-0.25, -0.2) is 12.8 Å². The van der Waals surface area contributed by atoms with Crippen LogP contribution in [0.4, 0.5) is 16.0 Å². The van der Waals surface area contributed by atoms with Crippen LogP contribution >= 0.6 is 0 Å². The molecule has 0 aliphatic heterocycles. The number of aryl methyl sites for hydroxylation is 1. The lowest BCUT2D eigenvalue weighted by Gasteiger charge is -2.08. The van der Waals surface area contributed by atoms with Crippen molar-refractivity contribution in [2.45, 2.75) is 13.0 Å². The number of sulfonamides is 1. The molecule has 0 radical (unpaired) electrons. The topological polar surface area (TPSA) is 84.0 Å². The lowest BCUT2D eigenvalue weighted by molar-refractivity contribution is 0.600. The minimum Gasteiger partial charge on any atom is -0.365 e. The first-order valence-corrected chi connectivity index (χ1v) is 10.0. The Balaban J connectivity index is 1.52. The van der Waals surface area contributed by atoms with E-state index < -0.39 is 10.0 Å². The molecule has 140 valence electrons. The SMILES string of the molecule is O=S(=O)(CCc1ccccc1)Nc1ccc(NCc2ccc(F)cc2)nn1. The summed E-state index contributed by atoms with van der Waals surface area (Å²) in [5.41, 5.74) is 1.85. The smallest absolute Gasteiger partial charge is 0.234 e. The third-order valence-electron chi connectivity index (χ3n) is 3.81. The third kappa shape index (κ3) is 6.03. The minimum absolute atomic E-state index is 0.0384. The van der Waals surface area contributed by atoms with Crippen molar-refractivity contribution in [3.8, 4) is 0 Å². The van der Waals surface area contributed by atoms with Crippen LogP contribution in [0.1, 0.15) is 11.1 Å². The number of halogens is 1. The van der Waals surface area contributed by atoms with Gasteiger partial charge in [-0.3, -0.25) is 4.72 Å². The summed E-state index contributed by atoms with van der Waals surface area (Å²) >= 11 is 0. The zero-order chi connectivity index (χ0) is 19.1. The molecule has 1 heterocycles. The molecular weight excluding hydrogens is 367 g/mol. The fraction of sp³-hybridized carbons (Fsp3) is 0.158. The lowest BCUT2D eigenvalue weighted by atomic mass is 10.2. The fourth-order valence-electron chi connectivity index (χ4n) is 2.38. The quantitative estimate of drug-likeness (QED) is 0.621. The zero-order valence-corrected chi connectivity index (χ0v) is 15.3. The molecule has 0 aliphatic carbocycles. The van der Waals surface area contributed by atoms with Crippen LogP contribution < -0.4 is 10.0 Å². The standard InChI is InChI=1S/C19H19FN4O2S/c20-17-8-6-16(7-9-17)14-21-18-10-11-19(23-22-18)24-27(25,26)13-12-15-4-2-1-3-5-15/h1-11H,12-14H2,(H,21,22)(H,23,24). The van der Waals surface area contributed by atoms with Crippen LogP contribution in [0.5, 0.6) is 0 Å². The zero-order valence-electron chi connectivity index (χ0n) is 14.5. The Kier molecular flexibility index (Phi) is 5.97. The molecule has 0 atom stereocenters. The molecule has 27 heavy (non-hydrogen) atoms. The first-order valence-electron chi connectivity index (χ1n) is 8.37. The van der Waals surface area contributed by atoms with Crippen LogP contribution in [0.15, 0.2) is 66.7 Å². The monoisotopic (exact) mass is 386 g/mol. The molecular formula is C19H19FN4O2S. The number of nitrogens with one attached hydrogen (secondary N) is 2. The summed E-state index contributed by atoms with van der Waals surface area (Å²) in [5.74, 6) is 0.327. The molecule has 0 aliphatic rings. The number of hydrogen-bond acceptors (Lipinski definition) is 5. The number of benzene rings is 2. The van der Waals surface area contributed by atoms with Crippen molar-refractivity contribution in [2.24, 2.45) is 0 Å². The molecule has 0 saturated heterocycles. The van der Waals surface area contributed by atoms with E-state index in [4.69, 9.17) is 0 Å². The van der Waals surface area contributed by atoms with Crippen molar-refractivity contribution < 1.29 is 12.8 Å². The second-order valence-electron chi connectivity index (χ2n) is 5.94. The molecule has 0 saturated carbocycles. The highest BCUT2D eigenvalue weighted by Crippen LogP contribution is 2.11. The van der Waals surface area contributed by atoms with Crippen LogP contribution in [0, 0.1) is 5.82 Å². The fourth-order valence-corrected chi connectivity index (χ4v) is 3.42. The maximum atomic E-state index is 12.9. The van der Waals surface area contributed by atoms with Gasteiger partial charge in [0.15, 0.2) is 5.82 Å². The van der Waals surface area contributed by atoms with Crippen LogP contribution in [0.2, 0.25) is 0 Å². The van der Waals surface area contributed by atoms with Gasteiger partial charge in [0, 0.05) is 6.54 Å². The summed E-state index contributed by atoms with van der Waals surface area (Å²) in [5, 5.41) is 10.9. The molecule has 0 spiro atoms. The predicted molar refractivity (Wildman–Crippen MR) is 103 cm³/mol. The van der Waals surface area contributed by atoms with Gasteiger partial charge in [-0.15, -0.1) is 10.2 Å². The number of hydrogen-bond donors (Lipinski definition) is 2. The third-order valence-corrected chi connectivity index (χ3v) is 5.08. The Bertz CT molecular complexity index is 963. The number of nitrogens with zero attached hydrogens (tertiary/aromatic N) is 2. The second-order valence-corrected chi connectivity index (χ2v) is 7.78. The highest BCUT2D eigenvalue weighted by atomic mass is 32.2. The normalized spacial score (nSPS) is 11.1. The first-order chi connectivity index (χ1) is 13.0. The van der Waals surface area contributed by atoms with Gasteiger partial charge >= 0.3 is 0 Å². The second kappa shape index (κ2) is 8.59. The summed E-state index contributed by atoms with van der Waals surface area (Å²) in [7, 11) is -3.51. The molecule has 3 rings (SSSR count). The van der Waals surface area contributed by atoms with E-state index >= 15 is 0 Å². The van der Waals surface area contributed by atoms with Crippen molar-refractivity contribution in [1.29, 1.82) is 0 Å². The largest absolute Gasteiger partial charge is 0.365 e. The van der Waals surface area contributed by atoms with E-state index in [0.717, 1.165) is 11.1 Å². The van der Waals surface area contributed by atoms with E-state index in [1.807, 2.05) is 30.3 Å². The Labute approximate surface area is 157 Å². The van der Waals surface area contributed by atoms with Crippen molar-refractivity contribution in [1.82, 2.24) is 10.2 Å². The van der Waals surface area contributed by atoms with Gasteiger partial charge in [0.25, 0.3) is 0 Å². The van der Waals surface area contributed by atoms with Gasteiger partial charge in [-0.05, 0) is 41.8 Å². The van der Waals surface area contributed by atoms with E-state index in [1.165, 1.54) is 12.1 Å². The van der Waals surface area contributed by atoms with Gasteiger partial charge in [-0.2, -0.15) is 0 Å². The van der Waals surface area contributed by atoms with Crippen LogP contribution in [-0.4, -0.2) is 24.4 Å². The van der Waals surface area contributed by atoms with Gasteiger partial charge < -0.3 is 5.32 Å². The Morgan fingerprint density at radius 3 is 2.15 bits per heavy atom. The van der Waals surface area contributed by atoms with Crippen molar-refractivity contribution in [3.05, 3.63) is 83.7 Å². The molecule has 0 unspecified atom stereocenters. The van der Waals surface area contributed by atoms with E-state index in [2.05, 4.69) is 20.2 Å². The number of aromatic nitrogens is 2. The first kappa shape index (κ1) is 18.8. The van der Waals surface area contributed by atoms with Crippen LogP contribution in [-0.2, 0) is 23.0 Å². The molecule has 8 heteroatoms. The maximum absolute atomic E-state index is 12.9. The lowest BCUT2D eigenvalue weighted by Crippen LogP contribution is -2.19. The van der Waals surface area contributed by atoms with Gasteiger partial charge in [-0.1, -0.05) is 42.5 Å². The van der Waals surface area contributed by atoms with Gasteiger partial charge in [0.1, 0.15) is 11.6 Å². The Hall–Kier alpha value is -3.00. The molecule has 2 aromatic carbocycles. The highest BCUT2D eigenvalue weighted by molar-refractivity contribution is 7.92. The molecule has 6 nitrogen and oxygen atoms in total. The van der Waals surface area contributed by atoms with Gasteiger partial charge in [0.05, 0.1) is 5.75 Å². The maximum Gasteiger partial charge on any atom is 0.234 e. The molecule has 0 fully saturated rings. The van der Waals surface area contributed by atoms with Crippen molar-refractivity contribution in [3.63, 3.8) is 0 Å². The van der Waals surface area contributed by atoms with Crippen molar-refractivity contribution >= 4 is 21.7 Å². The average Bonchev–Trinajstić information content (AvgIpc) is 2.68. The van der Waals surface area contributed by atoms with E-state index in [-0.39, 0.29) is 17.4 Å². The molecule has 3 aromatic rings. The molecule has 0 amide bonds. The summed E-state index contributed by atoms with van der Waals surface area (Å²) in [6.45, 7) is 0.455. The van der Waals surface area contributed by atoms with Crippen LogP contribution in [0.3, 0.4) is 0 Å². The van der Waals surface area contributed by atoms with E-state index in [0.29, 0.717) is 18.8 Å².